The second-order valence-corrected chi connectivity index (χ2v) is 5.66. The molecule has 1 fully saturated rings. The lowest BCUT2D eigenvalue weighted by atomic mass is 9.67. The second-order valence-electron chi connectivity index (χ2n) is 4.68. The number of rotatable bonds is 2. The molecule has 5 heteroatoms. The third-order valence-corrected chi connectivity index (χ3v) is 4.58. The van der Waals surface area contributed by atoms with Gasteiger partial charge in [0.25, 0.3) is 0 Å². The summed E-state index contributed by atoms with van der Waals surface area (Å²) in [5.41, 5.74) is -1.81. The molecule has 0 saturated carbocycles. The fraction of sp³-hybridized carbons (Fsp3) is 0.385. The van der Waals surface area contributed by atoms with E-state index in [1.807, 2.05) is 17.5 Å². The number of carbonyl (C=O) groups excluding carboxylic acids is 2. The Kier molecular flexibility index (Phi) is 2.43. The van der Waals surface area contributed by atoms with Crippen molar-refractivity contribution < 1.29 is 19.4 Å². The van der Waals surface area contributed by atoms with Crippen molar-refractivity contribution >= 4 is 23.1 Å². The zero-order valence-corrected chi connectivity index (χ0v) is 10.5. The van der Waals surface area contributed by atoms with Crippen LogP contribution in [0.1, 0.15) is 17.7 Å². The summed E-state index contributed by atoms with van der Waals surface area (Å²) in [6.07, 6.45) is 2.62. The summed E-state index contributed by atoms with van der Waals surface area (Å²) in [7, 11) is 0. The first-order valence-electron chi connectivity index (χ1n) is 5.70. The molecule has 0 amide bonds. The van der Waals surface area contributed by atoms with E-state index < -0.39 is 23.6 Å². The van der Waals surface area contributed by atoms with Gasteiger partial charge in [-0.15, -0.1) is 11.3 Å². The third-order valence-electron chi connectivity index (χ3n) is 3.61. The fourth-order valence-corrected chi connectivity index (χ4v) is 3.72. The van der Waals surface area contributed by atoms with Crippen LogP contribution in [0.5, 0.6) is 0 Å². The molecule has 4 nitrogen and oxygen atoms in total. The minimum Gasteiger partial charge on any atom is -0.455 e. The molecule has 2 aliphatic heterocycles. The summed E-state index contributed by atoms with van der Waals surface area (Å²) in [6, 6.07) is 3.78. The fourth-order valence-electron chi connectivity index (χ4n) is 2.82. The number of carbonyl (C=O) groups is 2. The molecule has 1 aliphatic carbocycles. The quantitative estimate of drug-likeness (QED) is 0.645. The van der Waals surface area contributed by atoms with E-state index >= 15 is 0 Å². The van der Waals surface area contributed by atoms with Crippen LogP contribution in [-0.4, -0.2) is 28.6 Å². The molecular weight excluding hydrogens is 252 g/mol. The highest BCUT2D eigenvalue weighted by Crippen LogP contribution is 2.48. The van der Waals surface area contributed by atoms with Crippen LogP contribution in [0.3, 0.4) is 0 Å². The number of hydrogen-bond acceptors (Lipinski definition) is 5. The molecular formula is C13H12O4S. The molecule has 2 bridgehead atoms. The van der Waals surface area contributed by atoms with Crippen LogP contribution in [0, 0.1) is 5.92 Å². The van der Waals surface area contributed by atoms with E-state index in [1.165, 1.54) is 24.3 Å². The van der Waals surface area contributed by atoms with Gasteiger partial charge in [0, 0.05) is 10.8 Å². The smallest absolute Gasteiger partial charge is 0.343 e. The normalized spacial score (nSPS) is 37.7. The first kappa shape index (κ1) is 11.6. The van der Waals surface area contributed by atoms with Crippen molar-refractivity contribution in [1.82, 2.24) is 0 Å². The summed E-state index contributed by atoms with van der Waals surface area (Å²) in [5.74, 6) is -1.95. The van der Waals surface area contributed by atoms with Gasteiger partial charge in [-0.3, -0.25) is 4.79 Å². The Morgan fingerprint density at radius 2 is 2.33 bits per heavy atom. The van der Waals surface area contributed by atoms with E-state index in [-0.39, 0.29) is 11.7 Å². The summed E-state index contributed by atoms with van der Waals surface area (Å²) in [4.78, 5) is 24.5. The van der Waals surface area contributed by atoms with Crippen molar-refractivity contribution in [3.05, 3.63) is 34.5 Å². The van der Waals surface area contributed by atoms with Crippen molar-refractivity contribution in [1.29, 1.82) is 0 Å². The number of ketones is 1. The Morgan fingerprint density at radius 1 is 1.56 bits per heavy atom. The molecule has 4 rings (SSSR count). The molecule has 0 radical (unpaired) electrons. The lowest BCUT2D eigenvalue weighted by molar-refractivity contribution is -0.189. The molecule has 0 aromatic carbocycles. The number of fused-ring (bicyclic) bond motifs is 2. The van der Waals surface area contributed by atoms with Gasteiger partial charge in [-0.2, -0.15) is 0 Å². The molecule has 3 heterocycles. The van der Waals surface area contributed by atoms with E-state index in [2.05, 4.69) is 0 Å². The molecule has 0 spiro atoms. The molecule has 94 valence electrons. The number of Topliss-reactive ketones (excluding diaryl/α,β-unsaturated/α-hetero) is 1. The monoisotopic (exact) mass is 264 g/mol. The van der Waals surface area contributed by atoms with Crippen LogP contribution < -0.4 is 0 Å². The number of thiophene rings is 1. The summed E-state index contributed by atoms with van der Waals surface area (Å²) in [5, 5.41) is 12.3. The van der Waals surface area contributed by atoms with Gasteiger partial charge in [0.15, 0.2) is 5.60 Å². The number of aliphatic hydroxyl groups is 1. The zero-order chi connectivity index (χ0) is 12.9. The topological polar surface area (TPSA) is 63.6 Å². The SMILES string of the molecule is CC(=O)[C@@H]1[C@@H](c2cccs2)[C@H]2C=C[C@]1(O)C(=O)O2. The highest BCUT2D eigenvalue weighted by atomic mass is 32.1. The average Bonchev–Trinajstić information content (AvgIpc) is 2.82. The Labute approximate surface area is 108 Å². The molecule has 1 aromatic heterocycles. The van der Waals surface area contributed by atoms with E-state index in [4.69, 9.17) is 4.74 Å². The van der Waals surface area contributed by atoms with E-state index in [0.29, 0.717) is 0 Å². The van der Waals surface area contributed by atoms with Crippen LogP contribution in [0.15, 0.2) is 29.7 Å². The van der Waals surface area contributed by atoms with Gasteiger partial charge in [0.1, 0.15) is 11.9 Å². The largest absolute Gasteiger partial charge is 0.455 e. The average molecular weight is 264 g/mol. The van der Waals surface area contributed by atoms with Crippen molar-refractivity contribution in [3.8, 4) is 0 Å². The Balaban J connectivity index is 2.13. The maximum atomic E-state index is 11.8. The van der Waals surface area contributed by atoms with Gasteiger partial charge >= 0.3 is 5.97 Å². The lowest BCUT2D eigenvalue weighted by Crippen LogP contribution is -2.60. The van der Waals surface area contributed by atoms with Crippen molar-refractivity contribution in [3.63, 3.8) is 0 Å². The molecule has 0 unspecified atom stereocenters. The molecule has 1 N–H and O–H groups in total. The van der Waals surface area contributed by atoms with Crippen molar-refractivity contribution in [2.45, 2.75) is 24.5 Å². The molecule has 3 aliphatic rings. The molecule has 1 saturated heterocycles. The highest BCUT2D eigenvalue weighted by Gasteiger charge is 2.59. The van der Waals surface area contributed by atoms with Crippen LogP contribution in [0.4, 0.5) is 0 Å². The minimum absolute atomic E-state index is 0.193. The standard InChI is InChI=1S/C13H12O4S/c1-7(14)11-10(9-3-2-6-18-9)8-4-5-13(11,16)12(15)17-8/h2-6,8,10-11,16H,1H3/t8-,10-,11-,13-/m1/s1. The van der Waals surface area contributed by atoms with Gasteiger partial charge in [0.2, 0.25) is 0 Å². The minimum atomic E-state index is -1.81. The lowest BCUT2D eigenvalue weighted by Gasteiger charge is -2.46. The molecule has 18 heavy (non-hydrogen) atoms. The first-order chi connectivity index (χ1) is 8.54. The van der Waals surface area contributed by atoms with Crippen LogP contribution >= 0.6 is 11.3 Å². The Hall–Kier alpha value is -1.46. The summed E-state index contributed by atoms with van der Waals surface area (Å²) < 4.78 is 5.18. The van der Waals surface area contributed by atoms with Crippen LogP contribution in [0.25, 0.3) is 0 Å². The van der Waals surface area contributed by atoms with E-state index in [1.54, 1.807) is 6.08 Å². The van der Waals surface area contributed by atoms with Gasteiger partial charge < -0.3 is 9.84 Å². The molecule has 1 aromatic rings. The maximum Gasteiger partial charge on any atom is 0.343 e. The Morgan fingerprint density at radius 3 is 2.89 bits per heavy atom. The van der Waals surface area contributed by atoms with Gasteiger partial charge in [-0.25, -0.2) is 4.79 Å². The maximum absolute atomic E-state index is 11.8. The number of ether oxygens (including phenoxy) is 1. The number of hydrogen-bond donors (Lipinski definition) is 1. The van der Waals surface area contributed by atoms with E-state index in [9.17, 15) is 14.7 Å². The van der Waals surface area contributed by atoms with Crippen molar-refractivity contribution in [2.24, 2.45) is 5.92 Å². The van der Waals surface area contributed by atoms with Gasteiger partial charge in [-0.05, 0) is 30.5 Å². The zero-order valence-electron chi connectivity index (χ0n) is 9.70. The second kappa shape index (κ2) is 3.76. The Bertz CT molecular complexity index is 533. The van der Waals surface area contributed by atoms with Crippen LogP contribution in [0.2, 0.25) is 0 Å². The summed E-state index contributed by atoms with van der Waals surface area (Å²) >= 11 is 1.50. The van der Waals surface area contributed by atoms with Crippen molar-refractivity contribution in [2.75, 3.05) is 0 Å². The highest BCUT2D eigenvalue weighted by molar-refractivity contribution is 7.10. The number of esters is 1. The first-order valence-corrected chi connectivity index (χ1v) is 6.58. The summed E-state index contributed by atoms with van der Waals surface area (Å²) in [6.45, 7) is 1.41. The third kappa shape index (κ3) is 1.41. The van der Waals surface area contributed by atoms with Crippen LogP contribution in [-0.2, 0) is 14.3 Å². The predicted molar refractivity (Wildman–Crippen MR) is 65.2 cm³/mol. The van der Waals surface area contributed by atoms with E-state index in [0.717, 1.165) is 4.88 Å². The van der Waals surface area contributed by atoms with Gasteiger partial charge in [-0.1, -0.05) is 6.07 Å². The van der Waals surface area contributed by atoms with Gasteiger partial charge in [0.05, 0.1) is 5.92 Å². The predicted octanol–water partition coefficient (Wildman–Crippen LogP) is 1.26. The molecule has 4 atom stereocenters.